The topological polar surface area (TPSA) is 64.9 Å². The average molecular weight is 376 g/mol. The zero-order chi connectivity index (χ0) is 19.5. The molecule has 0 saturated carbocycles. The van der Waals surface area contributed by atoms with Crippen LogP contribution in [0.2, 0.25) is 0 Å². The molecular weight excluding hydrogens is 355 g/mol. The van der Waals surface area contributed by atoms with Crippen LogP contribution in [0.3, 0.4) is 0 Å². The monoisotopic (exact) mass is 376 g/mol. The van der Waals surface area contributed by atoms with Crippen LogP contribution < -0.4 is 9.64 Å². The van der Waals surface area contributed by atoms with Crippen molar-refractivity contribution in [3.05, 3.63) is 53.6 Å². The number of H-pyrrole nitrogens is 1. The number of anilines is 1. The third-order valence-corrected chi connectivity index (χ3v) is 5.07. The number of nitrogens with one attached hydrogen (secondary N) is 1. The first kappa shape index (κ1) is 18.1. The third-order valence-electron chi connectivity index (χ3n) is 5.07. The van der Waals surface area contributed by atoms with Crippen LogP contribution in [-0.2, 0) is 0 Å². The Balaban J connectivity index is 1.65. The number of benzene rings is 2. The second-order valence-corrected chi connectivity index (χ2v) is 6.89. The number of piperidine rings is 1. The van der Waals surface area contributed by atoms with Crippen LogP contribution in [0, 0.1) is 17.1 Å². The lowest BCUT2D eigenvalue weighted by Gasteiger charge is -2.28. The fourth-order valence-corrected chi connectivity index (χ4v) is 3.53. The van der Waals surface area contributed by atoms with E-state index >= 15 is 0 Å². The molecule has 1 aromatic heterocycles. The maximum atomic E-state index is 14.7. The SMILES string of the molecule is COc1ccc2nc(/C(C#N)=C\c3ccc(N4CCCCC4)cc3F)[nH]c2c1. The highest BCUT2D eigenvalue weighted by atomic mass is 19.1. The molecule has 1 aliphatic rings. The maximum Gasteiger partial charge on any atom is 0.149 e. The summed E-state index contributed by atoms with van der Waals surface area (Å²) in [5, 5.41) is 9.58. The summed E-state index contributed by atoms with van der Waals surface area (Å²) in [4.78, 5) is 9.76. The second-order valence-electron chi connectivity index (χ2n) is 6.89. The van der Waals surface area contributed by atoms with Crippen molar-refractivity contribution in [3.8, 4) is 11.8 Å². The summed E-state index contributed by atoms with van der Waals surface area (Å²) in [6.45, 7) is 1.92. The molecule has 0 aliphatic carbocycles. The normalized spacial score (nSPS) is 14.9. The van der Waals surface area contributed by atoms with Gasteiger partial charge in [0.2, 0.25) is 0 Å². The van der Waals surface area contributed by atoms with Crippen molar-refractivity contribution < 1.29 is 9.13 Å². The predicted octanol–water partition coefficient (Wildman–Crippen LogP) is 4.77. The summed E-state index contributed by atoms with van der Waals surface area (Å²) in [6, 6.07) is 12.7. The Morgan fingerprint density at radius 3 is 2.75 bits per heavy atom. The van der Waals surface area contributed by atoms with Crippen molar-refractivity contribution in [1.82, 2.24) is 9.97 Å². The molecule has 1 aliphatic heterocycles. The van der Waals surface area contributed by atoms with Gasteiger partial charge in [0.1, 0.15) is 23.5 Å². The number of halogens is 1. The molecule has 2 heterocycles. The second kappa shape index (κ2) is 7.73. The molecule has 1 saturated heterocycles. The Bertz CT molecular complexity index is 1070. The number of aromatic nitrogens is 2. The molecule has 0 spiro atoms. The van der Waals surface area contributed by atoms with Gasteiger partial charge in [-0.1, -0.05) is 0 Å². The summed E-state index contributed by atoms with van der Waals surface area (Å²) >= 11 is 0. The third kappa shape index (κ3) is 3.56. The zero-order valence-corrected chi connectivity index (χ0v) is 15.7. The number of aromatic amines is 1. The molecule has 6 heteroatoms. The van der Waals surface area contributed by atoms with Crippen molar-refractivity contribution in [2.75, 3.05) is 25.1 Å². The molecule has 28 heavy (non-hydrogen) atoms. The Morgan fingerprint density at radius 2 is 2.04 bits per heavy atom. The van der Waals surface area contributed by atoms with Gasteiger partial charge < -0.3 is 14.6 Å². The summed E-state index contributed by atoms with van der Waals surface area (Å²) in [5.74, 6) is 0.767. The van der Waals surface area contributed by atoms with Crippen molar-refractivity contribution in [2.24, 2.45) is 0 Å². The summed E-state index contributed by atoms with van der Waals surface area (Å²) in [7, 11) is 1.59. The number of hydrogen-bond donors (Lipinski definition) is 1. The van der Waals surface area contributed by atoms with E-state index in [0.717, 1.165) is 42.7 Å². The number of allylic oxidation sites excluding steroid dienone is 1. The maximum absolute atomic E-state index is 14.7. The highest BCUT2D eigenvalue weighted by Gasteiger charge is 2.14. The van der Waals surface area contributed by atoms with Gasteiger partial charge in [-0.25, -0.2) is 9.37 Å². The number of fused-ring (bicyclic) bond motifs is 1. The van der Waals surface area contributed by atoms with E-state index in [0.29, 0.717) is 17.1 Å². The number of methoxy groups -OCH3 is 1. The van der Waals surface area contributed by atoms with E-state index < -0.39 is 0 Å². The molecule has 1 N–H and O–H groups in total. The number of nitriles is 1. The Hall–Kier alpha value is -3.33. The fraction of sp³-hybridized carbons (Fsp3) is 0.273. The van der Waals surface area contributed by atoms with Gasteiger partial charge in [0.15, 0.2) is 0 Å². The Kier molecular flexibility index (Phi) is 4.98. The Morgan fingerprint density at radius 1 is 1.21 bits per heavy atom. The van der Waals surface area contributed by atoms with Crippen LogP contribution in [0.25, 0.3) is 22.7 Å². The zero-order valence-electron chi connectivity index (χ0n) is 15.7. The molecule has 0 radical (unpaired) electrons. The first-order chi connectivity index (χ1) is 13.7. The van der Waals surface area contributed by atoms with E-state index in [9.17, 15) is 9.65 Å². The lowest BCUT2D eigenvalue weighted by Crippen LogP contribution is -2.29. The van der Waals surface area contributed by atoms with E-state index in [1.807, 2.05) is 24.3 Å². The number of imidazole rings is 1. The number of hydrogen-bond acceptors (Lipinski definition) is 4. The van der Waals surface area contributed by atoms with Crippen LogP contribution >= 0.6 is 0 Å². The smallest absolute Gasteiger partial charge is 0.149 e. The minimum Gasteiger partial charge on any atom is -0.497 e. The number of nitrogens with zero attached hydrogens (tertiary/aromatic N) is 3. The van der Waals surface area contributed by atoms with E-state index in [-0.39, 0.29) is 11.4 Å². The van der Waals surface area contributed by atoms with Crippen molar-refractivity contribution in [2.45, 2.75) is 19.3 Å². The van der Waals surface area contributed by atoms with Gasteiger partial charge in [0.05, 0.1) is 23.7 Å². The van der Waals surface area contributed by atoms with Gasteiger partial charge in [-0.05, 0) is 55.7 Å². The molecular formula is C22H21FN4O. The molecule has 142 valence electrons. The van der Waals surface area contributed by atoms with Crippen LogP contribution in [-0.4, -0.2) is 30.2 Å². The molecule has 5 nitrogen and oxygen atoms in total. The largest absolute Gasteiger partial charge is 0.497 e. The molecule has 3 aromatic rings. The average Bonchev–Trinajstić information content (AvgIpc) is 3.16. The fourth-order valence-electron chi connectivity index (χ4n) is 3.53. The number of rotatable bonds is 4. The van der Waals surface area contributed by atoms with Crippen molar-refractivity contribution >= 4 is 28.4 Å². The van der Waals surface area contributed by atoms with Gasteiger partial charge in [-0.2, -0.15) is 5.26 Å². The van der Waals surface area contributed by atoms with Crippen LogP contribution in [0.5, 0.6) is 5.75 Å². The highest BCUT2D eigenvalue weighted by molar-refractivity contribution is 5.90. The first-order valence-corrected chi connectivity index (χ1v) is 9.38. The van der Waals surface area contributed by atoms with E-state index in [1.54, 1.807) is 19.2 Å². The standard InChI is InChI=1S/C22H21FN4O/c1-28-18-7-8-20-21(13-18)26-22(25-20)16(14-24)11-15-5-6-17(12-19(15)23)27-9-3-2-4-10-27/h5-8,11-13H,2-4,9-10H2,1H3,(H,25,26)/b16-11-. The first-order valence-electron chi connectivity index (χ1n) is 9.38. The molecule has 1 fully saturated rings. The van der Waals surface area contributed by atoms with Crippen LogP contribution in [0.4, 0.5) is 10.1 Å². The van der Waals surface area contributed by atoms with Gasteiger partial charge >= 0.3 is 0 Å². The Labute approximate surface area is 163 Å². The number of ether oxygens (including phenoxy) is 1. The molecule has 0 unspecified atom stereocenters. The highest BCUT2D eigenvalue weighted by Crippen LogP contribution is 2.26. The lowest BCUT2D eigenvalue weighted by atomic mass is 10.1. The minimum atomic E-state index is -0.339. The van der Waals surface area contributed by atoms with E-state index in [4.69, 9.17) is 4.74 Å². The van der Waals surface area contributed by atoms with Gasteiger partial charge in [0.25, 0.3) is 0 Å². The van der Waals surface area contributed by atoms with Crippen LogP contribution in [0.1, 0.15) is 30.7 Å². The summed E-state index contributed by atoms with van der Waals surface area (Å²) in [6.07, 6.45) is 5.04. The molecule has 2 aromatic carbocycles. The van der Waals surface area contributed by atoms with Crippen molar-refractivity contribution in [3.63, 3.8) is 0 Å². The van der Waals surface area contributed by atoms with E-state index in [1.165, 1.54) is 12.5 Å². The van der Waals surface area contributed by atoms with Gasteiger partial charge in [-0.15, -0.1) is 0 Å². The van der Waals surface area contributed by atoms with Crippen LogP contribution in [0.15, 0.2) is 36.4 Å². The predicted molar refractivity (Wildman–Crippen MR) is 109 cm³/mol. The quantitative estimate of drug-likeness (QED) is 0.667. The molecule has 4 rings (SSSR count). The van der Waals surface area contributed by atoms with Crippen molar-refractivity contribution in [1.29, 1.82) is 5.26 Å². The molecule has 0 amide bonds. The summed E-state index contributed by atoms with van der Waals surface area (Å²) < 4.78 is 19.9. The van der Waals surface area contributed by atoms with E-state index in [2.05, 4.69) is 20.9 Å². The minimum absolute atomic E-state index is 0.278. The van der Waals surface area contributed by atoms with Gasteiger partial charge in [-0.3, -0.25) is 0 Å². The van der Waals surface area contributed by atoms with Gasteiger partial charge in [0, 0.05) is 30.4 Å². The molecule has 0 atom stereocenters. The summed E-state index contributed by atoms with van der Waals surface area (Å²) in [5.41, 5.74) is 3.02. The lowest BCUT2D eigenvalue weighted by molar-refractivity contribution is 0.415. The molecule has 0 bridgehead atoms.